The number of amides is 3. The van der Waals surface area contributed by atoms with Gasteiger partial charge in [0.05, 0.1) is 18.7 Å². The van der Waals surface area contributed by atoms with Crippen molar-refractivity contribution < 1.29 is 34.1 Å². The number of nitrogens with zero attached hydrogens (tertiary/aromatic N) is 1. The average Bonchev–Trinajstić information content (AvgIpc) is 2.68. The maximum absolute atomic E-state index is 12.1. The normalized spacial score (nSPS) is 23.7. The summed E-state index contributed by atoms with van der Waals surface area (Å²) in [7, 11) is 1.41. The van der Waals surface area contributed by atoms with Crippen LogP contribution in [0.3, 0.4) is 0 Å². The van der Waals surface area contributed by atoms with Gasteiger partial charge in [-0.2, -0.15) is 0 Å². The van der Waals surface area contributed by atoms with Gasteiger partial charge in [-0.25, -0.2) is 4.79 Å². The Kier molecular flexibility index (Phi) is 8.37. The lowest BCUT2D eigenvalue weighted by Crippen LogP contribution is -2.56. The smallest absolute Gasteiger partial charge is 0.407 e. The van der Waals surface area contributed by atoms with E-state index < -0.39 is 42.4 Å². The van der Waals surface area contributed by atoms with Crippen molar-refractivity contribution in [1.29, 1.82) is 0 Å². The Morgan fingerprint density at radius 2 is 1.93 bits per heavy atom. The molecule has 0 spiro atoms. The Labute approximate surface area is 168 Å². The molecule has 29 heavy (non-hydrogen) atoms. The number of nitrogens with one attached hydrogen (secondary N) is 2. The number of benzene rings is 1. The highest BCUT2D eigenvalue weighted by atomic mass is 16.6. The van der Waals surface area contributed by atoms with E-state index >= 15 is 0 Å². The standard InChI is InChI=1S/C19H27N3O7/c1-12-18(26)14(8-17(25)29-12)21-15(23)10-22(2)16(24)9-20-19(27)28-11-13-6-4-3-5-7-13/h3-7,12,14,17-18,25-26H,8-11H2,1-2H3,(H,20,27)(H,21,23). The second kappa shape index (κ2) is 10.7. The Morgan fingerprint density at radius 1 is 1.24 bits per heavy atom. The first-order chi connectivity index (χ1) is 13.8. The number of hydrogen-bond donors (Lipinski definition) is 4. The molecule has 0 aliphatic carbocycles. The molecule has 1 saturated heterocycles. The van der Waals surface area contributed by atoms with Crippen LogP contribution >= 0.6 is 0 Å². The van der Waals surface area contributed by atoms with Gasteiger partial charge in [-0.05, 0) is 12.5 Å². The van der Waals surface area contributed by atoms with Gasteiger partial charge in [0.2, 0.25) is 11.8 Å². The number of carbonyl (C=O) groups excluding carboxylic acids is 3. The van der Waals surface area contributed by atoms with Crippen molar-refractivity contribution in [2.75, 3.05) is 20.1 Å². The van der Waals surface area contributed by atoms with Gasteiger partial charge < -0.3 is 35.2 Å². The molecule has 10 nitrogen and oxygen atoms in total. The molecular formula is C19H27N3O7. The van der Waals surface area contributed by atoms with Crippen molar-refractivity contribution in [2.45, 2.75) is 44.5 Å². The molecule has 3 amide bonds. The van der Waals surface area contributed by atoms with Gasteiger partial charge >= 0.3 is 6.09 Å². The number of hydrogen-bond acceptors (Lipinski definition) is 7. The average molecular weight is 409 g/mol. The molecule has 0 saturated carbocycles. The van der Waals surface area contributed by atoms with Crippen molar-refractivity contribution in [3.8, 4) is 0 Å². The molecule has 10 heteroatoms. The fraction of sp³-hybridized carbons (Fsp3) is 0.526. The maximum Gasteiger partial charge on any atom is 0.407 e. The second-order valence-corrected chi connectivity index (χ2v) is 6.86. The predicted molar refractivity (Wildman–Crippen MR) is 101 cm³/mol. The third kappa shape index (κ3) is 7.33. The molecule has 4 atom stereocenters. The number of rotatable bonds is 7. The summed E-state index contributed by atoms with van der Waals surface area (Å²) in [5.74, 6) is -0.990. The van der Waals surface area contributed by atoms with Crippen LogP contribution in [0.2, 0.25) is 0 Å². The van der Waals surface area contributed by atoms with E-state index in [0.29, 0.717) is 0 Å². The van der Waals surface area contributed by atoms with E-state index in [1.165, 1.54) is 7.05 Å². The highest BCUT2D eigenvalue weighted by Crippen LogP contribution is 2.18. The predicted octanol–water partition coefficient (Wildman–Crippen LogP) is -0.656. The Balaban J connectivity index is 1.69. The SMILES string of the molecule is CC1OC(O)CC(NC(=O)CN(C)C(=O)CNC(=O)OCc2ccccc2)C1O. The van der Waals surface area contributed by atoms with Crippen molar-refractivity contribution in [3.05, 3.63) is 35.9 Å². The number of likely N-dealkylation sites (N-methyl/N-ethyl adjacent to an activating group) is 1. The van der Waals surface area contributed by atoms with Crippen LogP contribution in [-0.4, -0.2) is 77.7 Å². The van der Waals surface area contributed by atoms with Crippen molar-refractivity contribution in [2.24, 2.45) is 0 Å². The lowest BCUT2D eigenvalue weighted by atomic mass is 9.99. The maximum atomic E-state index is 12.1. The van der Waals surface area contributed by atoms with Crippen LogP contribution in [0.5, 0.6) is 0 Å². The molecule has 1 aliphatic rings. The van der Waals surface area contributed by atoms with Gasteiger partial charge in [0.25, 0.3) is 0 Å². The number of carbonyl (C=O) groups is 3. The second-order valence-electron chi connectivity index (χ2n) is 6.86. The molecular weight excluding hydrogens is 382 g/mol. The zero-order chi connectivity index (χ0) is 21.4. The molecule has 0 radical (unpaired) electrons. The van der Waals surface area contributed by atoms with Gasteiger partial charge in [-0.1, -0.05) is 30.3 Å². The summed E-state index contributed by atoms with van der Waals surface area (Å²) in [5.41, 5.74) is 0.817. The third-order valence-corrected chi connectivity index (χ3v) is 4.47. The Morgan fingerprint density at radius 3 is 2.62 bits per heavy atom. The van der Waals surface area contributed by atoms with E-state index in [9.17, 15) is 24.6 Å². The highest BCUT2D eigenvalue weighted by molar-refractivity contribution is 5.87. The first-order valence-electron chi connectivity index (χ1n) is 9.25. The largest absolute Gasteiger partial charge is 0.445 e. The van der Waals surface area contributed by atoms with Crippen molar-refractivity contribution in [3.63, 3.8) is 0 Å². The van der Waals surface area contributed by atoms with E-state index in [2.05, 4.69) is 10.6 Å². The minimum absolute atomic E-state index is 0.0454. The molecule has 160 valence electrons. The fourth-order valence-corrected chi connectivity index (χ4v) is 2.82. The molecule has 2 rings (SSSR count). The Bertz CT molecular complexity index is 700. The van der Waals surface area contributed by atoms with Gasteiger partial charge in [0, 0.05) is 13.5 Å². The van der Waals surface area contributed by atoms with Gasteiger partial charge in [0.1, 0.15) is 19.3 Å². The fourth-order valence-electron chi connectivity index (χ4n) is 2.82. The van der Waals surface area contributed by atoms with Crippen LogP contribution in [0.4, 0.5) is 4.79 Å². The monoisotopic (exact) mass is 409 g/mol. The van der Waals surface area contributed by atoms with Crippen LogP contribution in [0, 0.1) is 0 Å². The molecule has 1 fully saturated rings. The van der Waals surface area contributed by atoms with Crippen LogP contribution < -0.4 is 10.6 Å². The lowest BCUT2D eigenvalue weighted by Gasteiger charge is -2.36. The molecule has 4 N–H and O–H groups in total. The number of aliphatic hydroxyl groups excluding tert-OH is 2. The molecule has 1 aliphatic heterocycles. The zero-order valence-corrected chi connectivity index (χ0v) is 16.4. The summed E-state index contributed by atoms with van der Waals surface area (Å²) in [5, 5.41) is 24.5. The van der Waals surface area contributed by atoms with Gasteiger partial charge in [0.15, 0.2) is 6.29 Å². The first-order valence-corrected chi connectivity index (χ1v) is 9.25. The molecule has 1 aromatic carbocycles. The molecule has 1 heterocycles. The summed E-state index contributed by atoms with van der Waals surface area (Å²) in [4.78, 5) is 37.0. The molecule has 0 aromatic heterocycles. The van der Waals surface area contributed by atoms with Gasteiger partial charge in [-0.3, -0.25) is 9.59 Å². The quantitative estimate of drug-likeness (QED) is 0.469. The molecule has 4 unspecified atom stereocenters. The van der Waals surface area contributed by atoms with E-state index in [-0.39, 0.29) is 26.1 Å². The van der Waals surface area contributed by atoms with Crippen molar-refractivity contribution >= 4 is 17.9 Å². The summed E-state index contributed by atoms with van der Waals surface area (Å²) >= 11 is 0. The van der Waals surface area contributed by atoms with Crippen LogP contribution in [0.15, 0.2) is 30.3 Å². The molecule has 1 aromatic rings. The summed E-state index contributed by atoms with van der Waals surface area (Å²) in [6, 6.07) is 8.41. The third-order valence-electron chi connectivity index (χ3n) is 4.47. The van der Waals surface area contributed by atoms with E-state index in [1.807, 2.05) is 18.2 Å². The number of ether oxygens (including phenoxy) is 2. The van der Waals surface area contributed by atoms with E-state index in [1.54, 1.807) is 19.1 Å². The van der Waals surface area contributed by atoms with Crippen molar-refractivity contribution in [1.82, 2.24) is 15.5 Å². The zero-order valence-electron chi connectivity index (χ0n) is 16.4. The summed E-state index contributed by atoms with van der Waals surface area (Å²) < 4.78 is 10.1. The topological polar surface area (TPSA) is 137 Å². The number of aliphatic hydroxyl groups is 2. The number of alkyl carbamates (subject to hydrolysis) is 1. The van der Waals surface area contributed by atoms with Crippen LogP contribution in [0.25, 0.3) is 0 Å². The summed E-state index contributed by atoms with van der Waals surface area (Å²) in [6.07, 6.45) is -3.37. The van der Waals surface area contributed by atoms with Crippen LogP contribution in [0.1, 0.15) is 18.9 Å². The first kappa shape index (κ1) is 22.6. The van der Waals surface area contributed by atoms with Crippen LogP contribution in [-0.2, 0) is 25.7 Å². The lowest BCUT2D eigenvalue weighted by molar-refractivity contribution is -0.202. The summed E-state index contributed by atoms with van der Waals surface area (Å²) in [6.45, 7) is 1.07. The van der Waals surface area contributed by atoms with E-state index in [0.717, 1.165) is 10.5 Å². The minimum Gasteiger partial charge on any atom is -0.445 e. The van der Waals surface area contributed by atoms with Gasteiger partial charge in [-0.15, -0.1) is 0 Å². The Hall–Kier alpha value is -2.69. The highest BCUT2D eigenvalue weighted by Gasteiger charge is 2.35. The van der Waals surface area contributed by atoms with E-state index in [4.69, 9.17) is 9.47 Å². The molecule has 0 bridgehead atoms. The minimum atomic E-state index is -1.08.